The molecule has 0 aliphatic rings. The lowest BCUT2D eigenvalue weighted by Gasteiger charge is -2.11. The van der Waals surface area contributed by atoms with Gasteiger partial charge < -0.3 is 11.5 Å². The van der Waals surface area contributed by atoms with E-state index in [0.29, 0.717) is 0 Å². The number of nitrogens with two attached hydrogens (primary N) is 2. The van der Waals surface area contributed by atoms with Gasteiger partial charge in [-0.15, -0.1) is 24.4 Å². The van der Waals surface area contributed by atoms with E-state index < -0.39 is 0 Å². The number of rotatable bonds is 2. The topological polar surface area (TPSA) is 52.0 Å². The van der Waals surface area contributed by atoms with E-state index in [1.807, 2.05) is 42.7 Å². The van der Waals surface area contributed by atoms with E-state index in [4.69, 9.17) is 11.5 Å². The predicted octanol–water partition coefficient (Wildman–Crippen LogP) is 3.53. The smallest absolute Gasteiger partial charge is 0.0325 e. The van der Waals surface area contributed by atoms with Gasteiger partial charge in [0, 0.05) is 21.2 Å². The van der Waals surface area contributed by atoms with E-state index >= 15 is 0 Å². The molecule has 0 aromatic heterocycles. The van der Waals surface area contributed by atoms with Gasteiger partial charge in [-0.25, -0.2) is 0 Å². The highest BCUT2D eigenvalue weighted by atomic mass is 32.2. The first-order chi connectivity index (χ1) is 8.11. The minimum Gasteiger partial charge on any atom is -0.399 e. The van der Waals surface area contributed by atoms with Gasteiger partial charge in [0.25, 0.3) is 0 Å². The fourth-order valence-corrected chi connectivity index (χ4v) is 2.70. The van der Waals surface area contributed by atoms with E-state index in [1.54, 1.807) is 11.8 Å². The van der Waals surface area contributed by atoms with Crippen molar-refractivity contribution in [2.24, 2.45) is 0 Å². The van der Waals surface area contributed by atoms with Crippen molar-refractivity contribution >= 4 is 35.8 Å². The van der Waals surface area contributed by atoms with E-state index in [2.05, 4.69) is 12.6 Å². The van der Waals surface area contributed by atoms with Crippen LogP contribution >= 0.6 is 24.4 Å². The summed E-state index contributed by atoms with van der Waals surface area (Å²) in [5.41, 5.74) is 15.2. The molecule has 0 radical (unpaired) electrons. The lowest BCUT2D eigenvalue weighted by Crippen LogP contribution is -1.90. The minimum atomic E-state index is 0.722. The van der Waals surface area contributed by atoms with Gasteiger partial charge >= 0.3 is 0 Å². The van der Waals surface area contributed by atoms with Crippen LogP contribution < -0.4 is 11.5 Å². The average molecular weight is 262 g/mol. The number of hydrogen-bond donors (Lipinski definition) is 3. The SMILES string of the molecule is CSc1cc(N)ccc1-c1ccc(N)cc1S. The fourth-order valence-electron chi connectivity index (χ4n) is 1.71. The van der Waals surface area contributed by atoms with Gasteiger partial charge in [0.1, 0.15) is 0 Å². The maximum absolute atomic E-state index is 5.79. The van der Waals surface area contributed by atoms with Crippen molar-refractivity contribution in [1.82, 2.24) is 0 Å². The first kappa shape index (κ1) is 12.2. The van der Waals surface area contributed by atoms with Gasteiger partial charge in [0.15, 0.2) is 0 Å². The summed E-state index contributed by atoms with van der Waals surface area (Å²) in [6.45, 7) is 0. The number of benzene rings is 2. The maximum Gasteiger partial charge on any atom is 0.0325 e. The van der Waals surface area contributed by atoms with Gasteiger partial charge in [0.2, 0.25) is 0 Å². The Bertz CT molecular complexity index is 553. The highest BCUT2D eigenvalue weighted by Crippen LogP contribution is 2.35. The van der Waals surface area contributed by atoms with Gasteiger partial charge in [-0.1, -0.05) is 12.1 Å². The van der Waals surface area contributed by atoms with Crippen LogP contribution in [0.4, 0.5) is 11.4 Å². The summed E-state index contributed by atoms with van der Waals surface area (Å²) >= 11 is 6.14. The molecule has 2 aromatic rings. The van der Waals surface area contributed by atoms with Gasteiger partial charge in [0.05, 0.1) is 0 Å². The summed E-state index contributed by atoms with van der Waals surface area (Å²) in [5.74, 6) is 0. The van der Waals surface area contributed by atoms with Crippen LogP contribution in [0.5, 0.6) is 0 Å². The molecule has 0 atom stereocenters. The second kappa shape index (κ2) is 4.94. The van der Waals surface area contributed by atoms with Crippen molar-refractivity contribution in [3.8, 4) is 11.1 Å². The Balaban J connectivity index is 2.60. The average Bonchev–Trinajstić information content (AvgIpc) is 2.30. The summed E-state index contributed by atoms with van der Waals surface area (Å²) in [6, 6.07) is 11.6. The van der Waals surface area contributed by atoms with Crippen LogP contribution in [0.2, 0.25) is 0 Å². The van der Waals surface area contributed by atoms with Crippen molar-refractivity contribution in [2.45, 2.75) is 9.79 Å². The summed E-state index contributed by atoms with van der Waals surface area (Å²) < 4.78 is 0. The Morgan fingerprint density at radius 2 is 1.53 bits per heavy atom. The quantitative estimate of drug-likeness (QED) is 0.441. The molecule has 0 amide bonds. The Hall–Kier alpha value is -1.26. The number of hydrogen-bond acceptors (Lipinski definition) is 4. The van der Waals surface area contributed by atoms with Crippen LogP contribution in [0, 0.1) is 0 Å². The van der Waals surface area contributed by atoms with Crippen molar-refractivity contribution in [3.63, 3.8) is 0 Å². The predicted molar refractivity (Wildman–Crippen MR) is 79.7 cm³/mol. The first-order valence-corrected chi connectivity index (χ1v) is 6.81. The normalized spacial score (nSPS) is 10.5. The molecule has 0 saturated carbocycles. The molecule has 2 rings (SSSR count). The molecule has 0 heterocycles. The molecule has 17 heavy (non-hydrogen) atoms. The monoisotopic (exact) mass is 262 g/mol. The Morgan fingerprint density at radius 1 is 0.941 bits per heavy atom. The third kappa shape index (κ3) is 2.53. The van der Waals surface area contributed by atoms with Crippen LogP contribution in [0.3, 0.4) is 0 Å². The number of thioether (sulfide) groups is 1. The summed E-state index contributed by atoms with van der Waals surface area (Å²) in [7, 11) is 0. The number of anilines is 2. The fraction of sp³-hybridized carbons (Fsp3) is 0.0769. The third-order valence-corrected chi connectivity index (χ3v) is 3.69. The number of thiol groups is 1. The van der Waals surface area contributed by atoms with Crippen LogP contribution in [0.15, 0.2) is 46.2 Å². The van der Waals surface area contributed by atoms with Crippen molar-refractivity contribution in [2.75, 3.05) is 17.7 Å². The van der Waals surface area contributed by atoms with Gasteiger partial charge in [-0.2, -0.15) is 0 Å². The second-order valence-electron chi connectivity index (χ2n) is 3.74. The van der Waals surface area contributed by atoms with Crippen LogP contribution in [0.1, 0.15) is 0 Å². The van der Waals surface area contributed by atoms with Crippen LogP contribution in [0.25, 0.3) is 11.1 Å². The molecule has 0 bridgehead atoms. The van der Waals surface area contributed by atoms with E-state index in [9.17, 15) is 0 Å². The summed E-state index contributed by atoms with van der Waals surface area (Å²) in [4.78, 5) is 2.02. The van der Waals surface area contributed by atoms with Gasteiger partial charge in [-0.05, 0) is 41.6 Å². The van der Waals surface area contributed by atoms with Gasteiger partial charge in [-0.3, -0.25) is 0 Å². The Morgan fingerprint density at radius 3 is 2.12 bits per heavy atom. The zero-order valence-corrected chi connectivity index (χ0v) is 11.2. The second-order valence-corrected chi connectivity index (χ2v) is 5.07. The molecule has 0 aliphatic carbocycles. The van der Waals surface area contributed by atoms with Crippen molar-refractivity contribution < 1.29 is 0 Å². The van der Waals surface area contributed by atoms with E-state index in [0.717, 1.165) is 32.3 Å². The van der Waals surface area contributed by atoms with Crippen LogP contribution in [-0.2, 0) is 0 Å². The van der Waals surface area contributed by atoms with Crippen LogP contribution in [-0.4, -0.2) is 6.26 Å². The van der Waals surface area contributed by atoms with Crippen molar-refractivity contribution in [1.29, 1.82) is 0 Å². The molecule has 2 nitrogen and oxygen atoms in total. The number of nitrogen functional groups attached to an aromatic ring is 2. The molecule has 0 fully saturated rings. The molecule has 2 aromatic carbocycles. The van der Waals surface area contributed by atoms with E-state index in [1.165, 1.54) is 0 Å². The highest BCUT2D eigenvalue weighted by molar-refractivity contribution is 7.98. The third-order valence-electron chi connectivity index (χ3n) is 2.54. The van der Waals surface area contributed by atoms with E-state index in [-0.39, 0.29) is 0 Å². The summed E-state index contributed by atoms with van der Waals surface area (Å²) in [5, 5.41) is 0. The maximum atomic E-state index is 5.79. The molecule has 4 heteroatoms. The molecule has 0 unspecified atom stereocenters. The molecule has 0 saturated heterocycles. The van der Waals surface area contributed by atoms with Crippen molar-refractivity contribution in [3.05, 3.63) is 36.4 Å². The molecular weight excluding hydrogens is 248 g/mol. The zero-order valence-electron chi connectivity index (χ0n) is 9.47. The summed E-state index contributed by atoms with van der Waals surface area (Å²) in [6.07, 6.45) is 2.04. The zero-order chi connectivity index (χ0) is 12.4. The molecular formula is C13H14N2S2. The molecule has 0 spiro atoms. The Labute approximate surface area is 111 Å². The standard InChI is InChI=1S/C13H14N2S2/c1-17-13-7-9(15)3-5-11(13)10-4-2-8(14)6-12(10)16/h2-7,16H,14-15H2,1H3. The molecule has 88 valence electrons. The largest absolute Gasteiger partial charge is 0.399 e. The molecule has 0 aliphatic heterocycles. The highest BCUT2D eigenvalue weighted by Gasteiger charge is 2.08. The Kier molecular flexibility index (Phi) is 3.54. The molecule has 4 N–H and O–H groups in total. The minimum absolute atomic E-state index is 0.722. The first-order valence-electron chi connectivity index (χ1n) is 5.14. The lowest BCUT2D eigenvalue weighted by atomic mass is 10.0. The lowest BCUT2D eigenvalue weighted by molar-refractivity contribution is 1.39.